The summed E-state index contributed by atoms with van der Waals surface area (Å²) in [6.07, 6.45) is 76.5. The van der Waals surface area contributed by atoms with Crippen LogP contribution in [0, 0.1) is 0 Å². The maximum Gasteiger partial charge on any atom is 0.472 e. The molecule has 0 radical (unpaired) electrons. The standard InChI is InChI=1S/C70H121O11P/c1-4-7-10-13-16-19-22-25-28-31-33-36-38-41-44-47-50-53-56-59-68(72)77-63-67(81-70(74)61-58-55-52-49-46-43-40-37-34-32-29-26-23-20-17-14-11-8-5-2)65-79-82(75,76)78-64-66(62-71)80-69(73)60-57-54-51-48-45-42-39-35-30-27-24-21-18-15-12-9-6-3/h9,12,16,18-19,21,25-30,39,42,48,51,66-67,71H,4-8,10-11,13-15,17,20,22-24,31-38,40-41,43-47,49-50,52-65H2,1-3H3,(H,75,76)/b12-9-,19-16-,21-18-,28-25-,29-26-,30-27-,42-39-,51-48-. The number of rotatable bonds is 61. The van der Waals surface area contributed by atoms with Crippen molar-refractivity contribution in [1.29, 1.82) is 0 Å². The summed E-state index contributed by atoms with van der Waals surface area (Å²) < 4.78 is 39.7. The van der Waals surface area contributed by atoms with Crippen LogP contribution in [0.3, 0.4) is 0 Å². The highest BCUT2D eigenvalue weighted by atomic mass is 31.2. The van der Waals surface area contributed by atoms with Crippen molar-refractivity contribution in [3.05, 3.63) is 97.2 Å². The molecule has 2 N–H and O–H groups in total. The Morgan fingerprint density at radius 1 is 0.354 bits per heavy atom. The van der Waals surface area contributed by atoms with Crippen LogP contribution in [0.2, 0.25) is 0 Å². The van der Waals surface area contributed by atoms with Crippen LogP contribution in [-0.4, -0.2) is 66.5 Å². The second-order valence-corrected chi connectivity index (χ2v) is 23.3. The first-order chi connectivity index (χ1) is 40.2. The van der Waals surface area contributed by atoms with E-state index in [-0.39, 0.29) is 25.9 Å². The third-order valence-corrected chi connectivity index (χ3v) is 14.9. The van der Waals surface area contributed by atoms with E-state index in [4.69, 9.17) is 23.3 Å². The van der Waals surface area contributed by atoms with Gasteiger partial charge >= 0.3 is 25.7 Å². The minimum atomic E-state index is -4.78. The molecule has 0 fully saturated rings. The zero-order valence-corrected chi connectivity index (χ0v) is 53.3. The zero-order chi connectivity index (χ0) is 59.8. The van der Waals surface area contributed by atoms with Crippen LogP contribution in [0.1, 0.15) is 290 Å². The van der Waals surface area contributed by atoms with E-state index in [1.807, 2.05) is 12.2 Å². The zero-order valence-electron chi connectivity index (χ0n) is 52.4. The second-order valence-electron chi connectivity index (χ2n) is 21.9. The molecule has 0 amide bonds. The molecule has 3 unspecified atom stereocenters. The highest BCUT2D eigenvalue weighted by Gasteiger charge is 2.28. The highest BCUT2D eigenvalue weighted by molar-refractivity contribution is 7.47. The van der Waals surface area contributed by atoms with E-state index in [1.165, 1.54) is 141 Å². The van der Waals surface area contributed by atoms with Crippen LogP contribution >= 0.6 is 7.82 Å². The Balaban J connectivity index is 4.76. The van der Waals surface area contributed by atoms with Crippen molar-refractivity contribution in [2.45, 2.75) is 303 Å². The summed E-state index contributed by atoms with van der Waals surface area (Å²) in [4.78, 5) is 48.8. The van der Waals surface area contributed by atoms with Crippen LogP contribution in [0.5, 0.6) is 0 Å². The smallest absolute Gasteiger partial charge is 0.462 e. The van der Waals surface area contributed by atoms with E-state index in [1.54, 1.807) is 0 Å². The Labute approximate surface area is 502 Å². The molecule has 0 aliphatic rings. The van der Waals surface area contributed by atoms with Crippen molar-refractivity contribution in [2.75, 3.05) is 26.4 Å². The molecule has 0 aromatic carbocycles. The van der Waals surface area contributed by atoms with Gasteiger partial charge in [0.15, 0.2) is 6.10 Å². The maximum atomic E-state index is 13.0. The van der Waals surface area contributed by atoms with Crippen molar-refractivity contribution in [3.63, 3.8) is 0 Å². The van der Waals surface area contributed by atoms with E-state index in [0.717, 1.165) is 83.5 Å². The van der Waals surface area contributed by atoms with Crippen molar-refractivity contribution < 1.29 is 52.2 Å². The fraction of sp³-hybridized carbons (Fsp3) is 0.729. The summed E-state index contributed by atoms with van der Waals surface area (Å²) in [5.41, 5.74) is 0. The topological polar surface area (TPSA) is 155 Å². The third-order valence-electron chi connectivity index (χ3n) is 14.0. The maximum absolute atomic E-state index is 13.0. The molecule has 11 nitrogen and oxygen atoms in total. The number of carbonyl (C=O) groups is 3. The molecule has 472 valence electrons. The van der Waals surface area contributed by atoms with E-state index in [0.29, 0.717) is 25.7 Å². The van der Waals surface area contributed by atoms with Gasteiger partial charge in [-0.1, -0.05) is 253 Å². The van der Waals surface area contributed by atoms with Gasteiger partial charge in [0.05, 0.1) is 19.8 Å². The van der Waals surface area contributed by atoms with E-state index in [2.05, 4.69) is 106 Å². The Hall–Kier alpha value is -3.60. The predicted octanol–water partition coefficient (Wildman–Crippen LogP) is 20.4. The van der Waals surface area contributed by atoms with Gasteiger partial charge in [-0.25, -0.2) is 4.57 Å². The normalized spacial score (nSPS) is 13.9. The molecule has 0 bridgehead atoms. The summed E-state index contributed by atoms with van der Waals surface area (Å²) >= 11 is 0. The van der Waals surface area contributed by atoms with Crippen molar-refractivity contribution >= 4 is 25.7 Å². The predicted molar refractivity (Wildman–Crippen MR) is 344 cm³/mol. The quantitative estimate of drug-likeness (QED) is 0.0197. The summed E-state index contributed by atoms with van der Waals surface area (Å²) in [5, 5.41) is 9.85. The van der Waals surface area contributed by atoms with Crippen molar-refractivity contribution in [2.24, 2.45) is 0 Å². The van der Waals surface area contributed by atoms with Crippen molar-refractivity contribution in [3.8, 4) is 0 Å². The van der Waals surface area contributed by atoms with Gasteiger partial charge in [-0.3, -0.25) is 23.4 Å². The molecule has 0 heterocycles. The van der Waals surface area contributed by atoms with E-state index < -0.39 is 57.8 Å². The van der Waals surface area contributed by atoms with Crippen LogP contribution in [0.4, 0.5) is 0 Å². The molecule has 0 rings (SSSR count). The van der Waals surface area contributed by atoms with Gasteiger partial charge in [-0.15, -0.1) is 0 Å². The first kappa shape index (κ1) is 78.4. The van der Waals surface area contributed by atoms with Crippen LogP contribution in [0.25, 0.3) is 0 Å². The van der Waals surface area contributed by atoms with Gasteiger partial charge in [0.2, 0.25) is 0 Å². The number of aliphatic hydroxyl groups excluding tert-OH is 1. The fourth-order valence-electron chi connectivity index (χ4n) is 8.95. The van der Waals surface area contributed by atoms with Gasteiger partial charge in [0, 0.05) is 19.3 Å². The number of phosphoric ester groups is 1. The molecule has 0 aromatic heterocycles. The minimum absolute atomic E-state index is 0.0957. The first-order valence-electron chi connectivity index (χ1n) is 33.1. The molecule has 0 aromatic rings. The van der Waals surface area contributed by atoms with Gasteiger partial charge in [-0.05, 0) is 116 Å². The van der Waals surface area contributed by atoms with Gasteiger partial charge in [0.25, 0.3) is 0 Å². The summed E-state index contributed by atoms with van der Waals surface area (Å²) in [5.74, 6) is -1.53. The van der Waals surface area contributed by atoms with Crippen LogP contribution in [-0.2, 0) is 42.2 Å². The number of carbonyl (C=O) groups excluding carboxylic acids is 3. The van der Waals surface area contributed by atoms with Crippen LogP contribution < -0.4 is 0 Å². The summed E-state index contributed by atoms with van der Waals surface area (Å²) in [6, 6.07) is 0. The lowest BCUT2D eigenvalue weighted by Crippen LogP contribution is -2.30. The average molecular weight is 1170 g/mol. The largest absolute Gasteiger partial charge is 0.472 e. The first-order valence-corrected chi connectivity index (χ1v) is 34.6. The van der Waals surface area contributed by atoms with Gasteiger partial charge < -0.3 is 24.2 Å². The Morgan fingerprint density at radius 2 is 0.646 bits per heavy atom. The SMILES string of the molecule is CC/C=C\C/C=C\C/C=C\C/C=C\C/C=C\CCCC(=O)OC(CO)COP(=O)(O)OCC(COC(=O)CCCCCCCCCCC/C=C\C/C=C\CCCCC)OC(=O)CCCCCCCCCCC/C=C\CCCCCCCC. The molecule has 0 saturated heterocycles. The Kier molecular flexibility index (Phi) is 60.6. The number of hydrogen-bond acceptors (Lipinski definition) is 10. The summed E-state index contributed by atoms with van der Waals surface area (Å²) in [7, 11) is -4.78. The second kappa shape index (κ2) is 63.4. The lowest BCUT2D eigenvalue weighted by Gasteiger charge is -2.21. The molecule has 3 atom stereocenters. The third kappa shape index (κ3) is 61.0. The molecule has 0 spiro atoms. The molecule has 0 aliphatic heterocycles. The lowest BCUT2D eigenvalue weighted by molar-refractivity contribution is -0.161. The molecule has 0 aliphatic carbocycles. The number of phosphoric acid groups is 1. The van der Waals surface area contributed by atoms with E-state index >= 15 is 0 Å². The Bertz CT molecular complexity index is 1750. The van der Waals surface area contributed by atoms with E-state index in [9.17, 15) is 28.9 Å². The number of aliphatic hydroxyl groups is 1. The molecule has 82 heavy (non-hydrogen) atoms. The number of unbranched alkanes of at least 4 members (excludes halogenated alkanes) is 28. The monoisotopic (exact) mass is 1170 g/mol. The minimum Gasteiger partial charge on any atom is -0.462 e. The van der Waals surface area contributed by atoms with Gasteiger partial charge in [0.1, 0.15) is 12.7 Å². The van der Waals surface area contributed by atoms with Crippen molar-refractivity contribution in [1.82, 2.24) is 0 Å². The molecular weight excluding hydrogens is 1050 g/mol. The fourth-order valence-corrected chi connectivity index (χ4v) is 9.73. The highest BCUT2D eigenvalue weighted by Crippen LogP contribution is 2.43. The molecule has 12 heteroatoms. The molecule has 0 saturated carbocycles. The lowest BCUT2D eigenvalue weighted by atomic mass is 10.1. The number of esters is 3. The Morgan fingerprint density at radius 3 is 1.06 bits per heavy atom. The number of hydrogen-bond donors (Lipinski definition) is 2. The number of ether oxygens (including phenoxy) is 3. The average Bonchev–Trinajstić information content (AvgIpc) is 3.49. The van der Waals surface area contributed by atoms with Gasteiger partial charge in [-0.2, -0.15) is 0 Å². The number of allylic oxidation sites excluding steroid dienone is 16. The van der Waals surface area contributed by atoms with Crippen LogP contribution in [0.15, 0.2) is 97.2 Å². The summed E-state index contributed by atoms with van der Waals surface area (Å²) in [6.45, 7) is 4.47. The molecular formula is C70H121O11P.